The number of hydrogen-bond donors (Lipinski definition) is 0. The number of ketones is 1. The molecule has 6 heteroatoms. The highest BCUT2D eigenvalue weighted by Crippen LogP contribution is 2.36. The highest BCUT2D eigenvalue weighted by atomic mass is 35.5. The van der Waals surface area contributed by atoms with Gasteiger partial charge >= 0.3 is 6.18 Å². The van der Waals surface area contributed by atoms with E-state index in [2.05, 4.69) is 0 Å². The van der Waals surface area contributed by atoms with Crippen LogP contribution in [0.2, 0.25) is 5.02 Å². The summed E-state index contributed by atoms with van der Waals surface area (Å²) < 4.78 is 37.6. The Kier molecular flexibility index (Phi) is 3.24. The standard InChI is InChI=1S/C10H5ClF3NO/c1-5(16)8-7(10(12,13)14)3-2-6(4-15)9(8)11/h2-3H,1H3. The summed E-state index contributed by atoms with van der Waals surface area (Å²) in [5.74, 6) is -0.825. The molecule has 0 aromatic heterocycles. The van der Waals surface area contributed by atoms with Crippen molar-refractivity contribution in [3.8, 4) is 6.07 Å². The van der Waals surface area contributed by atoms with Crippen molar-refractivity contribution >= 4 is 17.4 Å². The van der Waals surface area contributed by atoms with Gasteiger partial charge in [-0.05, 0) is 19.1 Å². The van der Waals surface area contributed by atoms with E-state index in [1.165, 1.54) is 0 Å². The number of alkyl halides is 3. The van der Waals surface area contributed by atoms with Crippen molar-refractivity contribution in [2.75, 3.05) is 0 Å². The van der Waals surface area contributed by atoms with Crippen LogP contribution in [0.4, 0.5) is 13.2 Å². The molecule has 0 aliphatic heterocycles. The van der Waals surface area contributed by atoms with E-state index in [1.807, 2.05) is 0 Å². The number of nitrogens with zero attached hydrogens (tertiary/aromatic N) is 1. The smallest absolute Gasteiger partial charge is 0.294 e. The Morgan fingerprint density at radius 2 is 2.00 bits per heavy atom. The van der Waals surface area contributed by atoms with Gasteiger partial charge in [0.05, 0.1) is 16.1 Å². The molecule has 0 N–H and O–H groups in total. The third kappa shape index (κ3) is 2.17. The van der Waals surface area contributed by atoms with E-state index < -0.39 is 28.1 Å². The monoisotopic (exact) mass is 247 g/mol. The highest BCUT2D eigenvalue weighted by Gasteiger charge is 2.36. The molecular formula is C10H5ClF3NO. The fourth-order valence-electron chi connectivity index (χ4n) is 1.24. The molecule has 84 valence electrons. The van der Waals surface area contributed by atoms with Crippen molar-refractivity contribution in [1.82, 2.24) is 0 Å². The number of benzene rings is 1. The minimum Gasteiger partial charge on any atom is -0.294 e. The van der Waals surface area contributed by atoms with Crippen molar-refractivity contribution in [3.63, 3.8) is 0 Å². The molecule has 2 nitrogen and oxygen atoms in total. The molecule has 0 amide bonds. The molecule has 16 heavy (non-hydrogen) atoms. The summed E-state index contributed by atoms with van der Waals surface area (Å²) >= 11 is 5.57. The van der Waals surface area contributed by atoms with E-state index in [1.54, 1.807) is 6.07 Å². The third-order valence-electron chi connectivity index (χ3n) is 1.92. The Hall–Kier alpha value is -1.54. The maximum atomic E-state index is 12.5. The molecule has 0 saturated heterocycles. The lowest BCUT2D eigenvalue weighted by molar-refractivity contribution is -0.137. The second-order valence-corrected chi connectivity index (χ2v) is 3.39. The molecule has 1 aromatic rings. The normalized spacial score (nSPS) is 11.0. The fraction of sp³-hybridized carbons (Fsp3) is 0.200. The van der Waals surface area contributed by atoms with Crippen LogP contribution in [0.1, 0.15) is 28.4 Å². The first-order chi connectivity index (χ1) is 7.29. The van der Waals surface area contributed by atoms with Crippen LogP contribution in [0.25, 0.3) is 0 Å². The minimum absolute atomic E-state index is 0.153. The number of carbonyl (C=O) groups excluding carboxylic acids is 1. The second kappa shape index (κ2) is 4.14. The van der Waals surface area contributed by atoms with Crippen LogP contribution in [0.15, 0.2) is 12.1 Å². The zero-order valence-corrected chi connectivity index (χ0v) is 8.78. The van der Waals surface area contributed by atoms with E-state index in [0.29, 0.717) is 6.07 Å². The van der Waals surface area contributed by atoms with Gasteiger partial charge < -0.3 is 0 Å². The van der Waals surface area contributed by atoms with E-state index in [9.17, 15) is 18.0 Å². The van der Waals surface area contributed by atoms with Crippen molar-refractivity contribution in [2.45, 2.75) is 13.1 Å². The summed E-state index contributed by atoms with van der Waals surface area (Å²) in [6.07, 6.45) is -4.67. The average molecular weight is 248 g/mol. The second-order valence-electron chi connectivity index (χ2n) is 3.02. The molecular weight excluding hydrogens is 243 g/mol. The van der Waals surface area contributed by atoms with Gasteiger partial charge in [0.25, 0.3) is 0 Å². The van der Waals surface area contributed by atoms with Crippen molar-refractivity contribution in [3.05, 3.63) is 33.8 Å². The lowest BCUT2D eigenvalue weighted by Gasteiger charge is -2.12. The zero-order valence-electron chi connectivity index (χ0n) is 8.02. The number of Topliss-reactive ketones (excluding diaryl/α,β-unsaturated/α-hetero) is 1. The topological polar surface area (TPSA) is 40.9 Å². The molecule has 0 radical (unpaired) electrons. The van der Waals surface area contributed by atoms with E-state index in [0.717, 1.165) is 13.0 Å². The van der Waals surface area contributed by atoms with Crippen LogP contribution < -0.4 is 0 Å². The molecule has 0 spiro atoms. The van der Waals surface area contributed by atoms with Gasteiger partial charge in [-0.25, -0.2) is 0 Å². The minimum atomic E-state index is -4.67. The summed E-state index contributed by atoms with van der Waals surface area (Å²) in [7, 11) is 0. The number of carbonyl (C=O) groups is 1. The molecule has 0 saturated carbocycles. The summed E-state index contributed by atoms with van der Waals surface area (Å²) in [4.78, 5) is 11.1. The lowest BCUT2D eigenvalue weighted by Crippen LogP contribution is -2.12. The van der Waals surface area contributed by atoms with Crippen LogP contribution in [0.5, 0.6) is 0 Å². The average Bonchev–Trinajstić information content (AvgIpc) is 2.15. The first kappa shape index (κ1) is 12.5. The molecule has 0 bridgehead atoms. The first-order valence-electron chi connectivity index (χ1n) is 4.09. The van der Waals surface area contributed by atoms with Crippen LogP contribution in [-0.4, -0.2) is 5.78 Å². The Morgan fingerprint density at radius 3 is 2.38 bits per heavy atom. The lowest BCUT2D eigenvalue weighted by atomic mass is 10.0. The van der Waals surface area contributed by atoms with Crippen LogP contribution in [0, 0.1) is 11.3 Å². The van der Waals surface area contributed by atoms with Gasteiger partial charge in [-0.2, -0.15) is 18.4 Å². The number of nitriles is 1. The Morgan fingerprint density at radius 1 is 1.44 bits per heavy atom. The summed E-state index contributed by atoms with van der Waals surface area (Å²) in [5.41, 5.74) is -1.93. The van der Waals surface area contributed by atoms with Crippen LogP contribution in [-0.2, 0) is 6.18 Å². The molecule has 0 fully saturated rings. The van der Waals surface area contributed by atoms with E-state index in [4.69, 9.17) is 16.9 Å². The fourth-order valence-corrected chi connectivity index (χ4v) is 1.58. The van der Waals surface area contributed by atoms with Gasteiger partial charge in [0, 0.05) is 5.56 Å². The van der Waals surface area contributed by atoms with Crippen LogP contribution in [0.3, 0.4) is 0 Å². The van der Waals surface area contributed by atoms with Gasteiger partial charge in [0.2, 0.25) is 0 Å². The first-order valence-corrected chi connectivity index (χ1v) is 4.47. The number of rotatable bonds is 1. The van der Waals surface area contributed by atoms with Gasteiger partial charge in [0.15, 0.2) is 5.78 Å². The van der Waals surface area contributed by atoms with Gasteiger partial charge in [0.1, 0.15) is 6.07 Å². The van der Waals surface area contributed by atoms with Crippen molar-refractivity contribution < 1.29 is 18.0 Å². The van der Waals surface area contributed by atoms with Gasteiger partial charge in [-0.15, -0.1) is 0 Å². The predicted molar refractivity (Wildman–Crippen MR) is 51.2 cm³/mol. The Balaban J connectivity index is 3.62. The van der Waals surface area contributed by atoms with E-state index >= 15 is 0 Å². The summed E-state index contributed by atoms with van der Waals surface area (Å²) in [6, 6.07) is 3.24. The largest absolute Gasteiger partial charge is 0.417 e. The maximum absolute atomic E-state index is 12.5. The van der Waals surface area contributed by atoms with E-state index in [-0.39, 0.29) is 5.56 Å². The van der Waals surface area contributed by atoms with Crippen LogP contribution >= 0.6 is 11.6 Å². The Bertz CT molecular complexity index is 488. The number of halogens is 4. The van der Waals surface area contributed by atoms with Crippen molar-refractivity contribution in [1.29, 1.82) is 5.26 Å². The highest BCUT2D eigenvalue weighted by molar-refractivity contribution is 6.35. The molecule has 0 aliphatic rings. The third-order valence-corrected chi connectivity index (χ3v) is 2.31. The van der Waals surface area contributed by atoms with Crippen molar-refractivity contribution in [2.24, 2.45) is 0 Å². The molecule has 0 atom stereocenters. The Labute approximate surface area is 94.2 Å². The zero-order chi connectivity index (χ0) is 12.5. The summed E-state index contributed by atoms with van der Waals surface area (Å²) in [5, 5.41) is 8.14. The predicted octanol–water partition coefficient (Wildman–Crippen LogP) is 3.43. The SMILES string of the molecule is CC(=O)c1c(C(F)(F)F)ccc(C#N)c1Cl. The molecule has 1 rings (SSSR count). The molecule has 0 heterocycles. The molecule has 0 aliphatic carbocycles. The molecule has 0 unspecified atom stereocenters. The number of hydrogen-bond acceptors (Lipinski definition) is 2. The quantitative estimate of drug-likeness (QED) is 0.714. The maximum Gasteiger partial charge on any atom is 0.417 e. The van der Waals surface area contributed by atoms with Gasteiger partial charge in [-0.1, -0.05) is 11.6 Å². The molecule has 1 aromatic carbocycles. The van der Waals surface area contributed by atoms with Gasteiger partial charge in [-0.3, -0.25) is 4.79 Å². The summed E-state index contributed by atoms with van der Waals surface area (Å²) in [6.45, 7) is 0.970.